The van der Waals surface area contributed by atoms with Crippen LogP contribution in [0.2, 0.25) is 5.02 Å². The maximum absolute atomic E-state index is 12.2. The van der Waals surface area contributed by atoms with Crippen LogP contribution < -0.4 is 10.5 Å². The van der Waals surface area contributed by atoms with Gasteiger partial charge in [0.1, 0.15) is 4.21 Å². The molecule has 2 rings (SSSR count). The quantitative estimate of drug-likeness (QED) is 0.911. The molecule has 1 heterocycles. The van der Waals surface area contributed by atoms with Crippen LogP contribution in [0, 0.1) is 6.92 Å². The van der Waals surface area contributed by atoms with E-state index in [0.717, 1.165) is 22.5 Å². The van der Waals surface area contributed by atoms with Crippen molar-refractivity contribution in [2.75, 3.05) is 4.72 Å². The first-order chi connectivity index (χ1) is 8.94. The molecule has 3 N–H and O–H groups in total. The lowest BCUT2D eigenvalue weighted by atomic mass is 10.2. The average Bonchev–Trinajstić information content (AvgIpc) is 2.83. The standard InChI is InChI=1S/C12H13ClN2O2S2/c1-8-3-2-4-10(13)12(8)15-19(16,17)11-5-9(6-14)7-18-11/h2-5,7,15H,6,14H2,1H3. The molecule has 0 amide bonds. The van der Waals surface area contributed by atoms with Crippen LogP contribution >= 0.6 is 22.9 Å². The fourth-order valence-electron chi connectivity index (χ4n) is 1.55. The van der Waals surface area contributed by atoms with Gasteiger partial charge in [-0.05, 0) is 35.6 Å². The van der Waals surface area contributed by atoms with E-state index in [1.54, 1.807) is 36.6 Å². The summed E-state index contributed by atoms with van der Waals surface area (Å²) in [5, 5.41) is 2.10. The Bertz CT molecular complexity index is 675. The van der Waals surface area contributed by atoms with E-state index in [-0.39, 0.29) is 4.21 Å². The number of halogens is 1. The first-order valence-electron chi connectivity index (χ1n) is 5.49. The number of aryl methyl sites for hydroxylation is 1. The van der Waals surface area contributed by atoms with Crippen LogP contribution in [0.15, 0.2) is 33.9 Å². The summed E-state index contributed by atoms with van der Waals surface area (Å²) in [6.45, 7) is 2.11. The van der Waals surface area contributed by atoms with Crippen molar-refractivity contribution in [3.8, 4) is 0 Å². The molecular formula is C12H13ClN2O2S2. The molecule has 0 fully saturated rings. The molecule has 102 valence electrons. The summed E-state index contributed by atoms with van der Waals surface area (Å²) < 4.78 is 27.2. The zero-order valence-corrected chi connectivity index (χ0v) is 12.6. The molecule has 0 atom stereocenters. The van der Waals surface area contributed by atoms with Crippen molar-refractivity contribution in [2.24, 2.45) is 5.73 Å². The molecule has 0 bridgehead atoms. The van der Waals surface area contributed by atoms with Gasteiger partial charge in [-0.2, -0.15) is 0 Å². The summed E-state index contributed by atoms with van der Waals surface area (Å²) in [5.74, 6) is 0. The molecule has 1 aromatic carbocycles. The summed E-state index contributed by atoms with van der Waals surface area (Å²) in [4.78, 5) is 0. The highest BCUT2D eigenvalue weighted by Gasteiger charge is 2.19. The lowest BCUT2D eigenvalue weighted by Gasteiger charge is -2.10. The number of hydrogen-bond donors (Lipinski definition) is 2. The molecule has 0 saturated carbocycles. The van der Waals surface area contributed by atoms with Gasteiger partial charge in [-0.1, -0.05) is 23.7 Å². The zero-order valence-electron chi connectivity index (χ0n) is 10.2. The minimum atomic E-state index is -3.62. The van der Waals surface area contributed by atoms with Crippen molar-refractivity contribution in [1.29, 1.82) is 0 Å². The molecule has 0 unspecified atom stereocenters. The second-order valence-corrected chi connectivity index (χ2v) is 7.24. The molecule has 0 aliphatic heterocycles. The highest BCUT2D eigenvalue weighted by atomic mass is 35.5. The van der Waals surface area contributed by atoms with Crippen LogP contribution in [0.1, 0.15) is 11.1 Å². The highest BCUT2D eigenvalue weighted by Crippen LogP contribution is 2.29. The Hall–Kier alpha value is -1.08. The van der Waals surface area contributed by atoms with Gasteiger partial charge in [0, 0.05) is 6.54 Å². The van der Waals surface area contributed by atoms with E-state index in [0.29, 0.717) is 17.3 Å². The molecule has 1 aromatic heterocycles. The average molecular weight is 317 g/mol. The number of anilines is 1. The molecule has 0 aliphatic rings. The lowest BCUT2D eigenvalue weighted by Crippen LogP contribution is -2.12. The van der Waals surface area contributed by atoms with Gasteiger partial charge in [-0.15, -0.1) is 11.3 Å². The van der Waals surface area contributed by atoms with Crippen LogP contribution in [-0.4, -0.2) is 8.42 Å². The van der Waals surface area contributed by atoms with Crippen LogP contribution in [-0.2, 0) is 16.6 Å². The zero-order chi connectivity index (χ0) is 14.0. The Morgan fingerprint density at radius 2 is 2.16 bits per heavy atom. The lowest BCUT2D eigenvalue weighted by molar-refractivity contribution is 0.603. The van der Waals surface area contributed by atoms with Crippen LogP contribution in [0.4, 0.5) is 5.69 Å². The topological polar surface area (TPSA) is 72.2 Å². The van der Waals surface area contributed by atoms with Gasteiger partial charge in [0.05, 0.1) is 10.7 Å². The number of nitrogens with two attached hydrogens (primary N) is 1. The summed E-state index contributed by atoms with van der Waals surface area (Å²) in [6, 6.07) is 6.78. The summed E-state index contributed by atoms with van der Waals surface area (Å²) >= 11 is 7.15. The van der Waals surface area contributed by atoms with E-state index < -0.39 is 10.0 Å². The van der Waals surface area contributed by atoms with Crippen molar-refractivity contribution >= 4 is 38.6 Å². The van der Waals surface area contributed by atoms with Gasteiger partial charge in [0.25, 0.3) is 10.0 Å². The van der Waals surface area contributed by atoms with E-state index in [4.69, 9.17) is 17.3 Å². The Morgan fingerprint density at radius 3 is 2.74 bits per heavy atom. The van der Waals surface area contributed by atoms with Crippen LogP contribution in [0.3, 0.4) is 0 Å². The Morgan fingerprint density at radius 1 is 1.42 bits per heavy atom. The van der Waals surface area contributed by atoms with E-state index in [2.05, 4.69) is 4.72 Å². The number of rotatable bonds is 4. The Kier molecular flexibility index (Phi) is 4.15. The number of benzene rings is 1. The van der Waals surface area contributed by atoms with Gasteiger partial charge in [-0.25, -0.2) is 8.42 Å². The van der Waals surface area contributed by atoms with E-state index in [1.165, 1.54) is 0 Å². The number of thiophene rings is 1. The smallest absolute Gasteiger partial charge is 0.271 e. The van der Waals surface area contributed by atoms with Gasteiger partial charge >= 0.3 is 0 Å². The maximum atomic E-state index is 12.2. The van der Waals surface area contributed by atoms with Crippen molar-refractivity contribution in [2.45, 2.75) is 17.7 Å². The third-order valence-corrected chi connectivity index (χ3v) is 5.74. The SMILES string of the molecule is Cc1cccc(Cl)c1NS(=O)(=O)c1cc(CN)cs1. The van der Waals surface area contributed by atoms with Crippen molar-refractivity contribution < 1.29 is 8.42 Å². The minimum absolute atomic E-state index is 0.229. The van der Waals surface area contributed by atoms with Crippen LogP contribution in [0.25, 0.3) is 0 Å². The first kappa shape index (κ1) is 14.3. The number of sulfonamides is 1. The summed E-state index contributed by atoms with van der Waals surface area (Å²) in [6.07, 6.45) is 0. The number of nitrogens with one attached hydrogen (secondary N) is 1. The normalized spacial score (nSPS) is 11.5. The largest absolute Gasteiger partial charge is 0.326 e. The van der Waals surface area contributed by atoms with E-state index in [9.17, 15) is 8.42 Å². The van der Waals surface area contributed by atoms with Gasteiger partial charge in [0.15, 0.2) is 0 Å². The first-order valence-corrected chi connectivity index (χ1v) is 8.23. The predicted molar refractivity (Wildman–Crippen MR) is 79.2 cm³/mol. The molecule has 0 spiro atoms. The summed E-state index contributed by atoms with van der Waals surface area (Å²) in [7, 11) is -3.62. The van der Waals surface area contributed by atoms with E-state index in [1.807, 2.05) is 0 Å². The second kappa shape index (κ2) is 5.50. The van der Waals surface area contributed by atoms with E-state index >= 15 is 0 Å². The third kappa shape index (κ3) is 3.09. The molecule has 2 aromatic rings. The fourth-order valence-corrected chi connectivity index (χ4v) is 4.25. The number of hydrogen-bond acceptors (Lipinski definition) is 4. The molecular weight excluding hydrogens is 304 g/mol. The second-order valence-electron chi connectivity index (χ2n) is 4.02. The maximum Gasteiger partial charge on any atom is 0.271 e. The molecule has 0 radical (unpaired) electrons. The van der Waals surface area contributed by atoms with Crippen molar-refractivity contribution in [1.82, 2.24) is 0 Å². The Balaban J connectivity index is 2.36. The molecule has 4 nitrogen and oxygen atoms in total. The summed E-state index contributed by atoms with van der Waals surface area (Å²) in [5.41, 5.74) is 7.45. The third-order valence-electron chi connectivity index (χ3n) is 2.59. The predicted octanol–water partition coefficient (Wildman–Crippen LogP) is 2.97. The molecule has 7 heteroatoms. The number of para-hydroxylation sites is 1. The van der Waals surface area contributed by atoms with Crippen molar-refractivity contribution in [3.63, 3.8) is 0 Å². The monoisotopic (exact) mass is 316 g/mol. The van der Waals surface area contributed by atoms with Gasteiger partial charge in [-0.3, -0.25) is 4.72 Å². The fraction of sp³-hybridized carbons (Fsp3) is 0.167. The van der Waals surface area contributed by atoms with Gasteiger partial charge in [0.2, 0.25) is 0 Å². The van der Waals surface area contributed by atoms with Crippen molar-refractivity contribution in [3.05, 3.63) is 45.8 Å². The molecule has 19 heavy (non-hydrogen) atoms. The molecule has 0 aliphatic carbocycles. The van der Waals surface area contributed by atoms with Gasteiger partial charge < -0.3 is 5.73 Å². The Labute approximate surface area is 121 Å². The molecule has 0 saturated heterocycles. The minimum Gasteiger partial charge on any atom is -0.326 e. The van der Waals surface area contributed by atoms with Crippen LogP contribution in [0.5, 0.6) is 0 Å². The highest BCUT2D eigenvalue weighted by molar-refractivity contribution is 7.94.